The Balaban J connectivity index is 1.60. The highest BCUT2D eigenvalue weighted by molar-refractivity contribution is 5.91. The predicted molar refractivity (Wildman–Crippen MR) is 164 cm³/mol. The van der Waals surface area contributed by atoms with Crippen LogP contribution in [0.5, 0.6) is 11.5 Å². The topological polar surface area (TPSA) is 35.5 Å². The number of hydrogen-bond acceptors (Lipinski definition) is 3. The summed E-state index contributed by atoms with van der Waals surface area (Å²) in [5.41, 5.74) is 8.92. The van der Waals surface area contributed by atoms with Crippen LogP contribution < -0.4 is 9.47 Å². The van der Waals surface area contributed by atoms with Crippen molar-refractivity contribution in [3.05, 3.63) is 93.1 Å². The number of esters is 1. The number of allylic oxidation sites excluding steroid dienone is 6. The van der Waals surface area contributed by atoms with E-state index in [2.05, 4.69) is 66.7 Å². The van der Waals surface area contributed by atoms with E-state index >= 15 is 0 Å². The van der Waals surface area contributed by atoms with E-state index in [-0.39, 0.29) is 11.6 Å². The molecule has 0 fully saturated rings. The van der Waals surface area contributed by atoms with Gasteiger partial charge in [-0.2, -0.15) is 0 Å². The molecule has 210 valence electrons. The third-order valence-electron chi connectivity index (χ3n) is 8.06. The fourth-order valence-corrected chi connectivity index (χ4v) is 5.30. The van der Waals surface area contributed by atoms with Crippen molar-refractivity contribution in [2.75, 3.05) is 0 Å². The van der Waals surface area contributed by atoms with Crippen LogP contribution in [0.1, 0.15) is 112 Å². The minimum absolute atomic E-state index is 0.197. The Labute approximate surface area is 237 Å². The van der Waals surface area contributed by atoms with Crippen LogP contribution in [0.2, 0.25) is 0 Å². The van der Waals surface area contributed by atoms with Crippen LogP contribution in [-0.4, -0.2) is 11.6 Å². The van der Waals surface area contributed by atoms with Gasteiger partial charge in [-0.1, -0.05) is 53.1 Å². The molecule has 2 aromatic carbocycles. The van der Waals surface area contributed by atoms with Gasteiger partial charge in [0.05, 0.1) is 5.56 Å². The SMILES string of the molecule is CC(C)=CCC/C(C)=C/CC/C(C)=C/CC[C@]1(C)CCc2c(C)c(OC(=O)c3ccccc3)c(C)c(C)c2O1. The Morgan fingerprint density at radius 2 is 1.49 bits per heavy atom. The summed E-state index contributed by atoms with van der Waals surface area (Å²) in [6.45, 7) is 17.2. The highest BCUT2D eigenvalue weighted by Crippen LogP contribution is 2.45. The minimum Gasteiger partial charge on any atom is -0.487 e. The number of hydrogen-bond donors (Lipinski definition) is 0. The molecule has 0 aromatic heterocycles. The van der Waals surface area contributed by atoms with E-state index in [1.54, 1.807) is 12.1 Å². The smallest absolute Gasteiger partial charge is 0.343 e. The van der Waals surface area contributed by atoms with Crippen LogP contribution in [-0.2, 0) is 6.42 Å². The lowest BCUT2D eigenvalue weighted by Gasteiger charge is -2.38. The van der Waals surface area contributed by atoms with Crippen LogP contribution >= 0.6 is 0 Å². The molecule has 1 aliphatic heterocycles. The molecule has 3 rings (SSSR count). The van der Waals surface area contributed by atoms with Crippen LogP contribution in [0.4, 0.5) is 0 Å². The number of rotatable bonds is 11. The van der Waals surface area contributed by atoms with Crippen LogP contribution in [0.25, 0.3) is 0 Å². The highest BCUT2D eigenvalue weighted by atomic mass is 16.5. The first-order valence-corrected chi connectivity index (χ1v) is 14.5. The molecule has 0 radical (unpaired) electrons. The number of carbonyl (C=O) groups excluding carboxylic acids is 1. The van der Waals surface area contributed by atoms with Crippen molar-refractivity contribution in [1.82, 2.24) is 0 Å². The molecule has 1 atom stereocenters. The zero-order chi connectivity index (χ0) is 28.6. The Hall–Kier alpha value is -3.07. The van der Waals surface area contributed by atoms with Gasteiger partial charge in [0.25, 0.3) is 0 Å². The molecule has 39 heavy (non-hydrogen) atoms. The van der Waals surface area contributed by atoms with Crippen molar-refractivity contribution in [2.45, 2.75) is 112 Å². The van der Waals surface area contributed by atoms with Gasteiger partial charge in [0.15, 0.2) is 0 Å². The summed E-state index contributed by atoms with van der Waals surface area (Å²) in [5.74, 6) is 1.33. The van der Waals surface area contributed by atoms with E-state index in [9.17, 15) is 4.79 Å². The summed E-state index contributed by atoms with van der Waals surface area (Å²) in [6, 6.07) is 9.18. The fourth-order valence-electron chi connectivity index (χ4n) is 5.30. The molecule has 0 saturated heterocycles. The maximum atomic E-state index is 12.8. The molecule has 0 amide bonds. The van der Waals surface area contributed by atoms with Gasteiger partial charge in [0.2, 0.25) is 0 Å². The van der Waals surface area contributed by atoms with Crippen molar-refractivity contribution in [3.8, 4) is 11.5 Å². The number of benzene rings is 2. The molecule has 3 nitrogen and oxygen atoms in total. The van der Waals surface area contributed by atoms with E-state index < -0.39 is 0 Å². The summed E-state index contributed by atoms with van der Waals surface area (Å²) in [7, 11) is 0. The Bertz CT molecular complexity index is 1240. The maximum Gasteiger partial charge on any atom is 0.343 e. The molecule has 1 heterocycles. The van der Waals surface area contributed by atoms with Crippen LogP contribution in [0.3, 0.4) is 0 Å². The van der Waals surface area contributed by atoms with E-state index in [0.29, 0.717) is 11.3 Å². The number of ether oxygens (including phenoxy) is 2. The second-order valence-corrected chi connectivity index (χ2v) is 11.8. The van der Waals surface area contributed by atoms with Crippen molar-refractivity contribution in [1.29, 1.82) is 0 Å². The molecular formula is C36H48O3. The first kappa shape index (κ1) is 30.5. The van der Waals surface area contributed by atoms with Crippen LogP contribution in [0, 0.1) is 20.8 Å². The maximum absolute atomic E-state index is 12.8. The Morgan fingerprint density at radius 3 is 2.13 bits per heavy atom. The standard InChI is InChI=1S/C36H48O3/c1-25(2)15-12-16-26(3)17-13-18-27(4)19-14-23-36(8)24-22-32-30(7)33(28(5)29(6)34(32)39-36)38-35(37)31-20-10-9-11-21-31/h9-11,15,17,19-21H,12-14,16,18,22-24H2,1-8H3/b26-17+,27-19+/t36-/m1/s1. The second-order valence-electron chi connectivity index (χ2n) is 11.8. The van der Waals surface area contributed by atoms with E-state index in [1.165, 1.54) is 22.3 Å². The second kappa shape index (κ2) is 13.8. The zero-order valence-corrected chi connectivity index (χ0v) is 25.5. The van der Waals surface area contributed by atoms with E-state index in [4.69, 9.17) is 9.47 Å². The summed E-state index contributed by atoms with van der Waals surface area (Å²) in [6.07, 6.45) is 15.5. The lowest BCUT2D eigenvalue weighted by Crippen LogP contribution is -2.37. The van der Waals surface area contributed by atoms with Gasteiger partial charge in [-0.3, -0.25) is 0 Å². The van der Waals surface area contributed by atoms with Gasteiger partial charge in [-0.15, -0.1) is 0 Å². The molecule has 0 aliphatic carbocycles. The van der Waals surface area contributed by atoms with Crippen molar-refractivity contribution < 1.29 is 14.3 Å². The Morgan fingerprint density at radius 1 is 0.872 bits per heavy atom. The van der Waals surface area contributed by atoms with Gasteiger partial charge < -0.3 is 9.47 Å². The monoisotopic (exact) mass is 528 g/mol. The zero-order valence-electron chi connectivity index (χ0n) is 25.5. The van der Waals surface area contributed by atoms with Crippen molar-refractivity contribution in [3.63, 3.8) is 0 Å². The lowest BCUT2D eigenvalue weighted by molar-refractivity contribution is 0.0554. The summed E-state index contributed by atoms with van der Waals surface area (Å²) >= 11 is 0. The molecule has 0 N–H and O–H groups in total. The first-order chi connectivity index (χ1) is 18.5. The number of fused-ring (bicyclic) bond motifs is 1. The van der Waals surface area contributed by atoms with E-state index in [1.807, 2.05) is 25.1 Å². The normalized spacial score (nSPS) is 17.3. The number of carbonyl (C=O) groups is 1. The molecule has 3 heteroatoms. The molecule has 0 unspecified atom stereocenters. The third-order valence-corrected chi connectivity index (χ3v) is 8.06. The van der Waals surface area contributed by atoms with Gasteiger partial charge in [-0.05, 0) is 136 Å². The summed E-state index contributed by atoms with van der Waals surface area (Å²) in [4.78, 5) is 12.8. The molecule has 2 aromatic rings. The average molecular weight is 529 g/mol. The molecule has 0 saturated carbocycles. The summed E-state index contributed by atoms with van der Waals surface area (Å²) in [5, 5.41) is 0. The average Bonchev–Trinajstić information content (AvgIpc) is 2.90. The van der Waals surface area contributed by atoms with Gasteiger partial charge in [0.1, 0.15) is 17.1 Å². The van der Waals surface area contributed by atoms with Gasteiger partial charge in [0, 0.05) is 5.56 Å². The van der Waals surface area contributed by atoms with Gasteiger partial charge >= 0.3 is 5.97 Å². The molecule has 0 bridgehead atoms. The van der Waals surface area contributed by atoms with Crippen molar-refractivity contribution in [2.24, 2.45) is 0 Å². The Kier molecular flexibility index (Phi) is 10.8. The lowest BCUT2D eigenvalue weighted by atomic mass is 9.85. The largest absolute Gasteiger partial charge is 0.487 e. The molecule has 0 spiro atoms. The van der Waals surface area contributed by atoms with E-state index in [0.717, 1.165) is 73.8 Å². The molecule has 1 aliphatic rings. The summed E-state index contributed by atoms with van der Waals surface area (Å²) < 4.78 is 12.6. The van der Waals surface area contributed by atoms with Crippen molar-refractivity contribution >= 4 is 5.97 Å². The minimum atomic E-state index is -0.320. The first-order valence-electron chi connectivity index (χ1n) is 14.5. The van der Waals surface area contributed by atoms with Gasteiger partial charge in [-0.25, -0.2) is 4.79 Å². The highest BCUT2D eigenvalue weighted by Gasteiger charge is 2.34. The quantitative estimate of drug-likeness (QED) is 0.165. The molecular weight excluding hydrogens is 480 g/mol. The predicted octanol–water partition coefficient (Wildman–Crippen LogP) is 10.1. The third kappa shape index (κ3) is 8.46. The van der Waals surface area contributed by atoms with Crippen LogP contribution in [0.15, 0.2) is 65.3 Å². The fraction of sp³-hybridized carbons (Fsp3) is 0.472.